The zero-order valence-corrected chi connectivity index (χ0v) is 14.3. The third kappa shape index (κ3) is 3.46. The molecule has 0 saturated carbocycles. The minimum absolute atomic E-state index is 0.0707. The lowest BCUT2D eigenvalue weighted by Crippen LogP contribution is -2.29. The van der Waals surface area contributed by atoms with Gasteiger partial charge in [-0.25, -0.2) is 0 Å². The molecule has 4 nitrogen and oxygen atoms in total. The molecule has 2 heterocycles. The number of H-pyrrole nitrogens is 1. The zero-order valence-electron chi connectivity index (χ0n) is 13.5. The topological polar surface area (TPSA) is 62.0 Å². The molecular formula is C19H18N2O2S. The van der Waals surface area contributed by atoms with Crippen LogP contribution < -0.4 is 5.32 Å². The quantitative estimate of drug-likeness (QED) is 0.688. The van der Waals surface area contributed by atoms with E-state index in [9.17, 15) is 9.59 Å². The van der Waals surface area contributed by atoms with Gasteiger partial charge in [0.05, 0.1) is 6.04 Å². The van der Waals surface area contributed by atoms with Gasteiger partial charge in [0, 0.05) is 16.6 Å². The summed E-state index contributed by atoms with van der Waals surface area (Å²) < 4.78 is 0. The van der Waals surface area contributed by atoms with Crippen molar-refractivity contribution in [1.82, 2.24) is 10.3 Å². The van der Waals surface area contributed by atoms with E-state index in [1.165, 1.54) is 12.5 Å². The molecule has 0 radical (unpaired) electrons. The number of nitrogens with one attached hydrogen (secondary N) is 2. The zero-order chi connectivity index (χ0) is 17.1. The van der Waals surface area contributed by atoms with Crippen molar-refractivity contribution in [3.63, 3.8) is 0 Å². The standard InChI is InChI=1S/C19H18N2O2S/c1-12-5-7-14(8-6-12)18(17-4-3-9-24-17)21-19(23)16-10-15(11-20-16)13(2)22/h3-11,18,20H,1-2H3,(H,21,23). The third-order valence-electron chi connectivity index (χ3n) is 3.85. The molecule has 0 bridgehead atoms. The maximum absolute atomic E-state index is 12.6. The Balaban J connectivity index is 1.87. The number of carbonyl (C=O) groups excluding carboxylic acids is 2. The van der Waals surface area contributed by atoms with Crippen molar-refractivity contribution in [3.8, 4) is 0 Å². The van der Waals surface area contributed by atoms with Crippen LogP contribution in [0, 0.1) is 6.92 Å². The number of hydrogen-bond acceptors (Lipinski definition) is 3. The van der Waals surface area contributed by atoms with Gasteiger partial charge in [0.25, 0.3) is 5.91 Å². The van der Waals surface area contributed by atoms with E-state index in [0.29, 0.717) is 11.3 Å². The summed E-state index contributed by atoms with van der Waals surface area (Å²) in [5.74, 6) is -0.305. The number of aryl methyl sites for hydroxylation is 1. The van der Waals surface area contributed by atoms with Gasteiger partial charge in [0.15, 0.2) is 5.78 Å². The first kappa shape index (κ1) is 16.2. The summed E-state index contributed by atoms with van der Waals surface area (Å²) >= 11 is 1.60. The Morgan fingerprint density at radius 3 is 2.50 bits per heavy atom. The molecule has 0 spiro atoms. The van der Waals surface area contributed by atoms with Gasteiger partial charge in [-0.3, -0.25) is 9.59 Å². The first-order chi connectivity index (χ1) is 11.5. The minimum Gasteiger partial charge on any atom is -0.356 e. The summed E-state index contributed by atoms with van der Waals surface area (Å²) in [6, 6.07) is 13.4. The second-order valence-electron chi connectivity index (χ2n) is 5.69. The molecule has 0 fully saturated rings. The molecule has 0 aliphatic heterocycles. The summed E-state index contributed by atoms with van der Waals surface area (Å²) in [7, 11) is 0. The van der Waals surface area contributed by atoms with Crippen molar-refractivity contribution in [3.05, 3.63) is 81.3 Å². The van der Waals surface area contributed by atoms with Crippen LogP contribution in [0.15, 0.2) is 54.0 Å². The number of ketones is 1. The van der Waals surface area contributed by atoms with Crippen molar-refractivity contribution in [2.75, 3.05) is 0 Å². The highest BCUT2D eigenvalue weighted by Crippen LogP contribution is 2.26. The summed E-state index contributed by atoms with van der Waals surface area (Å²) in [5, 5.41) is 5.04. The lowest BCUT2D eigenvalue weighted by Gasteiger charge is -2.18. The average molecular weight is 338 g/mol. The highest BCUT2D eigenvalue weighted by Gasteiger charge is 2.20. The van der Waals surface area contributed by atoms with E-state index in [0.717, 1.165) is 10.4 Å². The highest BCUT2D eigenvalue weighted by atomic mass is 32.1. The summed E-state index contributed by atoms with van der Waals surface area (Å²) in [6.07, 6.45) is 1.56. The second-order valence-corrected chi connectivity index (χ2v) is 6.67. The number of carbonyl (C=O) groups is 2. The molecule has 2 N–H and O–H groups in total. The van der Waals surface area contributed by atoms with Crippen LogP contribution >= 0.6 is 11.3 Å². The molecule has 1 unspecified atom stereocenters. The van der Waals surface area contributed by atoms with E-state index in [4.69, 9.17) is 0 Å². The van der Waals surface area contributed by atoms with Crippen molar-refractivity contribution in [2.24, 2.45) is 0 Å². The molecular weight excluding hydrogens is 320 g/mol. The Hall–Kier alpha value is -2.66. The largest absolute Gasteiger partial charge is 0.356 e. The lowest BCUT2D eigenvalue weighted by molar-refractivity contribution is 0.0939. The van der Waals surface area contributed by atoms with Gasteiger partial charge in [-0.1, -0.05) is 35.9 Å². The molecule has 1 aromatic carbocycles. The number of thiophene rings is 1. The van der Waals surface area contributed by atoms with E-state index in [2.05, 4.69) is 10.3 Å². The molecule has 1 atom stereocenters. The maximum atomic E-state index is 12.6. The molecule has 0 aliphatic rings. The van der Waals surface area contributed by atoms with Crippen LogP contribution in [-0.4, -0.2) is 16.7 Å². The van der Waals surface area contributed by atoms with Crippen molar-refractivity contribution < 1.29 is 9.59 Å². The SMILES string of the molecule is CC(=O)c1c[nH]c(C(=O)NC(c2ccc(C)cc2)c2cccs2)c1. The smallest absolute Gasteiger partial charge is 0.268 e. The van der Waals surface area contributed by atoms with Gasteiger partial charge in [0.1, 0.15) is 5.69 Å². The number of benzene rings is 1. The predicted octanol–water partition coefficient (Wildman–Crippen LogP) is 4.11. The van der Waals surface area contributed by atoms with E-state index in [1.54, 1.807) is 23.6 Å². The predicted molar refractivity (Wildman–Crippen MR) is 95.6 cm³/mol. The number of rotatable bonds is 5. The fraction of sp³-hybridized carbons (Fsp3) is 0.158. The van der Waals surface area contributed by atoms with Crippen molar-refractivity contribution in [1.29, 1.82) is 0 Å². The lowest BCUT2D eigenvalue weighted by atomic mass is 10.0. The monoisotopic (exact) mass is 338 g/mol. The van der Waals surface area contributed by atoms with Crippen molar-refractivity contribution >= 4 is 23.0 Å². The van der Waals surface area contributed by atoms with Crippen LogP contribution in [-0.2, 0) is 0 Å². The van der Waals surface area contributed by atoms with Gasteiger partial charge < -0.3 is 10.3 Å². The normalized spacial score (nSPS) is 11.9. The van der Waals surface area contributed by atoms with E-state index < -0.39 is 0 Å². The number of aromatic amines is 1. The Bertz CT molecular complexity index is 848. The second kappa shape index (κ2) is 6.84. The van der Waals surface area contributed by atoms with Crippen LogP contribution in [0.25, 0.3) is 0 Å². The minimum atomic E-state index is -0.235. The molecule has 3 rings (SSSR count). The first-order valence-electron chi connectivity index (χ1n) is 7.65. The Morgan fingerprint density at radius 2 is 1.92 bits per heavy atom. The summed E-state index contributed by atoms with van der Waals surface area (Å²) in [6.45, 7) is 3.51. The Kier molecular flexibility index (Phi) is 4.62. The third-order valence-corrected chi connectivity index (χ3v) is 4.79. The van der Waals surface area contributed by atoms with E-state index in [1.807, 2.05) is 48.7 Å². The van der Waals surface area contributed by atoms with Crippen LogP contribution in [0.1, 0.15) is 49.8 Å². The molecule has 122 valence electrons. The Morgan fingerprint density at radius 1 is 1.17 bits per heavy atom. The molecule has 3 aromatic rings. The Labute approximate surface area is 144 Å². The number of Topliss-reactive ketones (excluding diaryl/α,β-unsaturated/α-hetero) is 1. The highest BCUT2D eigenvalue weighted by molar-refractivity contribution is 7.10. The first-order valence-corrected chi connectivity index (χ1v) is 8.53. The maximum Gasteiger partial charge on any atom is 0.268 e. The number of aromatic nitrogens is 1. The number of amides is 1. The van der Waals surface area contributed by atoms with Gasteiger partial charge in [-0.15, -0.1) is 11.3 Å². The molecule has 1 amide bonds. The molecule has 24 heavy (non-hydrogen) atoms. The van der Waals surface area contributed by atoms with Gasteiger partial charge in [-0.05, 0) is 36.9 Å². The van der Waals surface area contributed by atoms with Crippen LogP contribution in [0.5, 0.6) is 0 Å². The summed E-state index contributed by atoms with van der Waals surface area (Å²) in [5.41, 5.74) is 3.08. The van der Waals surface area contributed by atoms with Gasteiger partial charge >= 0.3 is 0 Å². The van der Waals surface area contributed by atoms with Crippen LogP contribution in [0.2, 0.25) is 0 Å². The van der Waals surface area contributed by atoms with Crippen LogP contribution in [0.3, 0.4) is 0 Å². The van der Waals surface area contributed by atoms with Gasteiger partial charge in [0.2, 0.25) is 0 Å². The molecule has 5 heteroatoms. The average Bonchev–Trinajstić information content (AvgIpc) is 3.25. The molecule has 2 aromatic heterocycles. The molecule has 0 aliphatic carbocycles. The fourth-order valence-electron chi connectivity index (χ4n) is 2.47. The van der Waals surface area contributed by atoms with Crippen molar-refractivity contribution in [2.45, 2.75) is 19.9 Å². The van der Waals surface area contributed by atoms with E-state index >= 15 is 0 Å². The summed E-state index contributed by atoms with van der Waals surface area (Å²) in [4.78, 5) is 27.9. The number of hydrogen-bond donors (Lipinski definition) is 2. The van der Waals surface area contributed by atoms with Crippen LogP contribution in [0.4, 0.5) is 0 Å². The van der Waals surface area contributed by atoms with Gasteiger partial charge in [-0.2, -0.15) is 0 Å². The fourth-order valence-corrected chi connectivity index (χ4v) is 3.27. The van der Waals surface area contributed by atoms with E-state index in [-0.39, 0.29) is 17.7 Å². The molecule has 0 saturated heterocycles.